The van der Waals surface area contributed by atoms with Gasteiger partial charge in [-0.15, -0.1) is 0 Å². The van der Waals surface area contributed by atoms with Crippen molar-refractivity contribution in [3.63, 3.8) is 0 Å². The van der Waals surface area contributed by atoms with Crippen LogP contribution in [-0.4, -0.2) is 60.0 Å². The van der Waals surface area contributed by atoms with Crippen LogP contribution in [0.5, 0.6) is 0 Å². The normalized spacial score (nSPS) is 25.8. The van der Waals surface area contributed by atoms with Crippen LogP contribution in [0.2, 0.25) is 0 Å². The van der Waals surface area contributed by atoms with Crippen LogP contribution >= 0.6 is 0 Å². The van der Waals surface area contributed by atoms with Gasteiger partial charge >= 0.3 is 0 Å². The van der Waals surface area contributed by atoms with Crippen LogP contribution in [0.1, 0.15) is 33.1 Å². The van der Waals surface area contributed by atoms with Gasteiger partial charge in [0, 0.05) is 57.6 Å². The number of nitrogens with one attached hydrogen (secondary N) is 1. The van der Waals surface area contributed by atoms with Gasteiger partial charge in [0.1, 0.15) is 0 Å². The lowest BCUT2D eigenvalue weighted by molar-refractivity contribution is -0.125. The lowest BCUT2D eigenvalue weighted by Gasteiger charge is -2.35. The molecule has 1 aromatic rings. The van der Waals surface area contributed by atoms with E-state index in [4.69, 9.17) is 0 Å². The molecule has 1 amide bonds. The van der Waals surface area contributed by atoms with E-state index in [1.54, 1.807) is 12.4 Å². The number of anilines is 1. The third-order valence-electron chi connectivity index (χ3n) is 5.37. The number of carbonyl (C=O) groups excluding carboxylic acids is 1. The zero-order valence-corrected chi connectivity index (χ0v) is 15.5. The Bertz CT molecular complexity index is 534. The number of rotatable bonds is 5. The number of amides is 1. The molecule has 0 aromatic carbocycles. The fourth-order valence-corrected chi connectivity index (χ4v) is 4.25. The average molecular weight is 345 g/mol. The summed E-state index contributed by atoms with van der Waals surface area (Å²) in [6.07, 6.45) is 6.61. The largest absolute Gasteiger partial charge is 0.355 e. The van der Waals surface area contributed by atoms with Gasteiger partial charge in [0.25, 0.3) is 0 Å². The Kier molecular flexibility index (Phi) is 6.24. The number of aromatic nitrogens is 2. The third kappa shape index (κ3) is 5.14. The summed E-state index contributed by atoms with van der Waals surface area (Å²) in [6.45, 7) is 10.4. The topological polar surface area (TPSA) is 61.4 Å². The molecule has 1 aromatic heterocycles. The molecule has 3 heterocycles. The summed E-state index contributed by atoms with van der Waals surface area (Å²) in [4.78, 5) is 25.7. The second-order valence-electron chi connectivity index (χ2n) is 7.81. The molecule has 0 radical (unpaired) electrons. The van der Waals surface area contributed by atoms with Crippen molar-refractivity contribution in [3.8, 4) is 0 Å². The van der Waals surface area contributed by atoms with E-state index in [2.05, 4.69) is 38.9 Å². The highest BCUT2D eigenvalue weighted by molar-refractivity contribution is 5.78. The second kappa shape index (κ2) is 8.61. The summed E-state index contributed by atoms with van der Waals surface area (Å²) in [6, 6.07) is 1.83. The minimum absolute atomic E-state index is 0.124. The number of nitrogens with zero attached hydrogens (tertiary/aromatic N) is 4. The third-order valence-corrected chi connectivity index (χ3v) is 5.37. The average Bonchev–Trinajstić information content (AvgIpc) is 2.62. The summed E-state index contributed by atoms with van der Waals surface area (Å²) in [5.74, 6) is 2.65. The Morgan fingerprint density at radius 3 is 2.44 bits per heavy atom. The van der Waals surface area contributed by atoms with Crippen molar-refractivity contribution in [2.45, 2.75) is 33.1 Å². The minimum Gasteiger partial charge on any atom is -0.355 e. The van der Waals surface area contributed by atoms with E-state index in [0.29, 0.717) is 0 Å². The van der Waals surface area contributed by atoms with Crippen LogP contribution in [0.4, 0.5) is 5.95 Å². The lowest BCUT2D eigenvalue weighted by Crippen LogP contribution is -2.45. The van der Waals surface area contributed by atoms with Gasteiger partial charge in [-0.3, -0.25) is 4.79 Å². The van der Waals surface area contributed by atoms with E-state index in [1.165, 1.54) is 6.42 Å². The Balaban J connectivity index is 1.37. The lowest BCUT2D eigenvalue weighted by atomic mass is 9.92. The van der Waals surface area contributed by atoms with Gasteiger partial charge in [0.15, 0.2) is 0 Å². The van der Waals surface area contributed by atoms with Gasteiger partial charge in [0.05, 0.1) is 0 Å². The molecule has 2 aliphatic rings. The fraction of sp³-hybridized carbons (Fsp3) is 0.737. The van der Waals surface area contributed by atoms with Crippen molar-refractivity contribution in [1.82, 2.24) is 20.2 Å². The molecule has 1 N–H and O–H groups in total. The quantitative estimate of drug-likeness (QED) is 0.881. The second-order valence-corrected chi connectivity index (χ2v) is 7.81. The molecule has 2 fully saturated rings. The molecular weight excluding hydrogens is 314 g/mol. The first-order chi connectivity index (χ1) is 12.1. The number of piperidine rings is 2. The molecule has 0 saturated carbocycles. The first-order valence-electron chi connectivity index (χ1n) is 9.64. The molecule has 2 atom stereocenters. The maximum Gasteiger partial charge on any atom is 0.225 e. The van der Waals surface area contributed by atoms with E-state index in [0.717, 1.165) is 69.9 Å². The Hall–Kier alpha value is -1.69. The van der Waals surface area contributed by atoms with Crippen molar-refractivity contribution >= 4 is 11.9 Å². The highest BCUT2D eigenvalue weighted by atomic mass is 16.1. The van der Waals surface area contributed by atoms with Crippen molar-refractivity contribution in [2.75, 3.05) is 44.2 Å². The highest BCUT2D eigenvalue weighted by Gasteiger charge is 2.26. The van der Waals surface area contributed by atoms with Gasteiger partial charge in [0.2, 0.25) is 11.9 Å². The minimum atomic E-state index is 0.124. The molecule has 6 nitrogen and oxygen atoms in total. The number of carbonyl (C=O) groups is 1. The van der Waals surface area contributed by atoms with Crippen molar-refractivity contribution in [2.24, 2.45) is 17.8 Å². The Labute approximate surface area is 151 Å². The van der Waals surface area contributed by atoms with Crippen LogP contribution in [0.3, 0.4) is 0 Å². The van der Waals surface area contributed by atoms with Crippen LogP contribution in [0.25, 0.3) is 0 Å². The molecule has 0 aliphatic carbocycles. The number of likely N-dealkylation sites (tertiary alicyclic amines) is 1. The fourth-order valence-electron chi connectivity index (χ4n) is 4.25. The van der Waals surface area contributed by atoms with Crippen molar-refractivity contribution in [3.05, 3.63) is 18.5 Å². The SMILES string of the molecule is C[C@@H]1C[C@@H](C)CN(CCNC(=O)C2CCN(c3ncccn3)CC2)C1. The molecule has 0 spiro atoms. The predicted molar refractivity (Wildman–Crippen MR) is 99.4 cm³/mol. The summed E-state index contributed by atoms with van der Waals surface area (Å²) in [5.41, 5.74) is 0. The Morgan fingerprint density at radius 1 is 1.16 bits per heavy atom. The highest BCUT2D eigenvalue weighted by Crippen LogP contribution is 2.21. The van der Waals surface area contributed by atoms with Gasteiger partial charge < -0.3 is 15.1 Å². The zero-order valence-electron chi connectivity index (χ0n) is 15.5. The predicted octanol–water partition coefficient (Wildman–Crippen LogP) is 1.79. The molecule has 0 unspecified atom stereocenters. The van der Waals surface area contributed by atoms with E-state index in [-0.39, 0.29) is 11.8 Å². The number of hydrogen-bond acceptors (Lipinski definition) is 5. The first-order valence-corrected chi connectivity index (χ1v) is 9.64. The van der Waals surface area contributed by atoms with E-state index < -0.39 is 0 Å². The van der Waals surface area contributed by atoms with Crippen LogP contribution in [-0.2, 0) is 4.79 Å². The maximum atomic E-state index is 12.4. The van der Waals surface area contributed by atoms with Gasteiger partial charge in [-0.05, 0) is 37.2 Å². The standard InChI is InChI=1S/C19H31N5O/c1-15-12-16(2)14-23(13-15)11-8-20-18(25)17-4-9-24(10-5-17)19-21-6-3-7-22-19/h3,6-7,15-17H,4-5,8-14H2,1-2H3,(H,20,25)/t15-,16-/m1/s1. The van der Waals surface area contributed by atoms with Gasteiger partial charge in [-0.2, -0.15) is 0 Å². The summed E-state index contributed by atoms with van der Waals surface area (Å²) in [7, 11) is 0. The van der Waals surface area contributed by atoms with Gasteiger partial charge in [-0.25, -0.2) is 9.97 Å². The number of hydrogen-bond donors (Lipinski definition) is 1. The summed E-state index contributed by atoms with van der Waals surface area (Å²) >= 11 is 0. The van der Waals surface area contributed by atoms with Crippen LogP contribution < -0.4 is 10.2 Å². The molecule has 2 saturated heterocycles. The zero-order chi connectivity index (χ0) is 17.6. The summed E-state index contributed by atoms with van der Waals surface area (Å²) in [5, 5.41) is 3.15. The molecular formula is C19H31N5O. The van der Waals surface area contributed by atoms with E-state index in [1.807, 2.05) is 6.07 Å². The molecule has 2 aliphatic heterocycles. The Morgan fingerprint density at radius 2 is 1.80 bits per heavy atom. The van der Waals surface area contributed by atoms with E-state index >= 15 is 0 Å². The monoisotopic (exact) mass is 345 g/mol. The molecule has 138 valence electrons. The van der Waals surface area contributed by atoms with Crippen LogP contribution in [0.15, 0.2) is 18.5 Å². The van der Waals surface area contributed by atoms with Crippen LogP contribution in [0, 0.1) is 17.8 Å². The van der Waals surface area contributed by atoms with Crippen molar-refractivity contribution < 1.29 is 4.79 Å². The first kappa shape index (κ1) is 18.1. The molecule has 3 rings (SSSR count). The smallest absolute Gasteiger partial charge is 0.225 e. The van der Waals surface area contributed by atoms with Gasteiger partial charge in [-0.1, -0.05) is 13.8 Å². The maximum absolute atomic E-state index is 12.4. The molecule has 25 heavy (non-hydrogen) atoms. The van der Waals surface area contributed by atoms with Crippen molar-refractivity contribution in [1.29, 1.82) is 0 Å². The molecule has 6 heteroatoms. The molecule has 0 bridgehead atoms. The summed E-state index contributed by atoms with van der Waals surface area (Å²) < 4.78 is 0. The van der Waals surface area contributed by atoms with E-state index in [9.17, 15) is 4.79 Å².